The molecule has 1 aliphatic rings. The van der Waals surface area contributed by atoms with E-state index < -0.39 is 5.60 Å². The summed E-state index contributed by atoms with van der Waals surface area (Å²) in [6, 6.07) is 22.9. The lowest BCUT2D eigenvalue weighted by Gasteiger charge is -2.36. The van der Waals surface area contributed by atoms with Crippen molar-refractivity contribution in [1.82, 2.24) is 0 Å². The quantitative estimate of drug-likeness (QED) is 0.776. The number of aryl methyl sites for hydroxylation is 1. The van der Waals surface area contributed by atoms with E-state index in [9.17, 15) is 9.90 Å². The molecule has 2 heteroatoms. The minimum Gasteiger partial charge on any atom is -0.380 e. The minimum absolute atomic E-state index is 0.0187. The number of rotatable bonds is 2. The average molecular weight is 314 g/mol. The molecule has 0 saturated carbocycles. The van der Waals surface area contributed by atoms with Gasteiger partial charge in [-0.05, 0) is 23.6 Å². The highest BCUT2D eigenvalue weighted by atomic mass is 16.3. The Labute approximate surface area is 141 Å². The molecule has 0 unspecified atom stereocenters. The molecule has 4 rings (SSSR count). The SMILES string of the molecule is Cc1ccc(CC2(O)c3ccccc3C(=O)c3ccccc32)cc1. The van der Waals surface area contributed by atoms with E-state index in [1.54, 1.807) is 12.1 Å². The van der Waals surface area contributed by atoms with Gasteiger partial charge >= 0.3 is 0 Å². The zero-order valence-corrected chi connectivity index (χ0v) is 13.5. The van der Waals surface area contributed by atoms with Crippen molar-refractivity contribution >= 4 is 5.78 Å². The molecule has 1 aliphatic carbocycles. The smallest absolute Gasteiger partial charge is 0.193 e. The molecule has 0 bridgehead atoms. The topological polar surface area (TPSA) is 37.3 Å². The van der Waals surface area contributed by atoms with Gasteiger partial charge in [0.25, 0.3) is 0 Å². The summed E-state index contributed by atoms with van der Waals surface area (Å²) in [6.07, 6.45) is 0.439. The average Bonchev–Trinajstić information content (AvgIpc) is 2.62. The first-order valence-corrected chi connectivity index (χ1v) is 8.11. The van der Waals surface area contributed by atoms with Crippen LogP contribution in [0.1, 0.15) is 38.2 Å². The lowest BCUT2D eigenvalue weighted by Crippen LogP contribution is -2.37. The Bertz CT molecular complexity index is 873. The van der Waals surface area contributed by atoms with Crippen LogP contribution in [0.2, 0.25) is 0 Å². The third kappa shape index (κ3) is 2.19. The van der Waals surface area contributed by atoms with Crippen molar-refractivity contribution in [2.75, 3.05) is 0 Å². The van der Waals surface area contributed by atoms with Crippen molar-refractivity contribution in [3.05, 3.63) is 106 Å². The number of aliphatic hydroxyl groups is 1. The van der Waals surface area contributed by atoms with Crippen molar-refractivity contribution in [3.63, 3.8) is 0 Å². The van der Waals surface area contributed by atoms with E-state index in [0.717, 1.165) is 5.56 Å². The van der Waals surface area contributed by atoms with Crippen LogP contribution in [-0.2, 0) is 12.0 Å². The molecule has 0 aliphatic heterocycles. The highest BCUT2D eigenvalue weighted by Gasteiger charge is 2.41. The van der Waals surface area contributed by atoms with E-state index in [0.29, 0.717) is 28.7 Å². The van der Waals surface area contributed by atoms with Crippen LogP contribution in [0.25, 0.3) is 0 Å². The van der Waals surface area contributed by atoms with Gasteiger partial charge in [-0.25, -0.2) is 0 Å². The van der Waals surface area contributed by atoms with E-state index >= 15 is 0 Å². The largest absolute Gasteiger partial charge is 0.380 e. The van der Waals surface area contributed by atoms with Gasteiger partial charge in [0.05, 0.1) is 0 Å². The summed E-state index contributed by atoms with van der Waals surface area (Å²) in [7, 11) is 0. The van der Waals surface area contributed by atoms with Crippen LogP contribution in [0.4, 0.5) is 0 Å². The second-order valence-electron chi connectivity index (χ2n) is 6.44. The van der Waals surface area contributed by atoms with E-state index in [4.69, 9.17) is 0 Å². The maximum absolute atomic E-state index is 12.8. The summed E-state index contributed by atoms with van der Waals surface area (Å²) in [5.41, 5.74) is 3.59. The molecule has 2 nitrogen and oxygen atoms in total. The Balaban J connectivity index is 1.92. The molecule has 0 aromatic heterocycles. The van der Waals surface area contributed by atoms with Crippen LogP contribution in [0.5, 0.6) is 0 Å². The Morgan fingerprint density at radius 1 is 0.792 bits per heavy atom. The summed E-state index contributed by atoms with van der Waals surface area (Å²) in [4.78, 5) is 12.8. The molecule has 1 N–H and O–H groups in total. The summed E-state index contributed by atoms with van der Waals surface area (Å²) in [5.74, 6) is -0.0187. The van der Waals surface area contributed by atoms with Gasteiger partial charge in [-0.1, -0.05) is 78.4 Å². The van der Waals surface area contributed by atoms with Crippen LogP contribution in [0, 0.1) is 6.92 Å². The number of carbonyl (C=O) groups is 1. The molecule has 0 spiro atoms. The molecule has 118 valence electrons. The van der Waals surface area contributed by atoms with E-state index in [-0.39, 0.29) is 5.78 Å². The first-order chi connectivity index (χ1) is 11.6. The van der Waals surface area contributed by atoms with E-state index in [1.807, 2.05) is 67.6 Å². The molecule has 0 saturated heterocycles. The third-order valence-corrected chi connectivity index (χ3v) is 4.82. The highest BCUT2D eigenvalue weighted by Crippen LogP contribution is 2.41. The molecular weight excluding hydrogens is 296 g/mol. The number of hydrogen-bond donors (Lipinski definition) is 1. The third-order valence-electron chi connectivity index (χ3n) is 4.82. The molecule has 0 fully saturated rings. The minimum atomic E-state index is -1.20. The fraction of sp³-hybridized carbons (Fsp3) is 0.136. The van der Waals surface area contributed by atoms with Gasteiger partial charge in [0.1, 0.15) is 5.60 Å². The predicted octanol–water partition coefficient (Wildman–Crippen LogP) is 4.02. The van der Waals surface area contributed by atoms with E-state index in [1.165, 1.54) is 5.56 Å². The molecule has 0 amide bonds. The summed E-state index contributed by atoms with van der Waals surface area (Å²) in [6.45, 7) is 2.04. The van der Waals surface area contributed by atoms with Gasteiger partial charge in [-0.3, -0.25) is 4.79 Å². The van der Waals surface area contributed by atoms with Gasteiger partial charge in [-0.15, -0.1) is 0 Å². The normalized spacial score (nSPS) is 14.8. The van der Waals surface area contributed by atoms with Crippen molar-refractivity contribution in [2.45, 2.75) is 18.9 Å². The molecule has 0 heterocycles. The Morgan fingerprint density at radius 3 is 1.83 bits per heavy atom. The molecule has 0 atom stereocenters. The van der Waals surface area contributed by atoms with Crippen LogP contribution in [0.3, 0.4) is 0 Å². The summed E-state index contributed by atoms with van der Waals surface area (Å²) < 4.78 is 0. The van der Waals surface area contributed by atoms with Gasteiger partial charge in [-0.2, -0.15) is 0 Å². The number of fused-ring (bicyclic) bond motifs is 2. The highest BCUT2D eigenvalue weighted by molar-refractivity contribution is 6.13. The van der Waals surface area contributed by atoms with Crippen LogP contribution < -0.4 is 0 Å². The van der Waals surface area contributed by atoms with Crippen LogP contribution in [0.15, 0.2) is 72.8 Å². The van der Waals surface area contributed by atoms with Gasteiger partial charge in [0.15, 0.2) is 5.78 Å². The predicted molar refractivity (Wildman–Crippen MR) is 94.2 cm³/mol. The number of hydrogen-bond acceptors (Lipinski definition) is 2. The Kier molecular flexibility index (Phi) is 3.36. The fourth-order valence-electron chi connectivity index (χ4n) is 3.57. The Hall–Kier alpha value is -2.71. The molecule has 3 aromatic carbocycles. The van der Waals surface area contributed by atoms with Gasteiger partial charge < -0.3 is 5.11 Å². The van der Waals surface area contributed by atoms with Crippen molar-refractivity contribution in [1.29, 1.82) is 0 Å². The zero-order valence-electron chi connectivity index (χ0n) is 13.5. The number of carbonyl (C=O) groups excluding carboxylic acids is 1. The van der Waals surface area contributed by atoms with Gasteiger partial charge in [0, 0.05) is 17.5 Å². The second-order valence-corrected chi connectivity index (χ2v) is 6.44. The molecule has 3 aromatic rings. The molecular formula is C22H18O2. The fourth-order valence-corrected chi connectivity index (χ4v) is 3.57. The Morgan fingerprint density at radius 2 is 1.29 bits per heavy atom. The molecule has 0 radical (unpaired) electrons. The monoisotopic (exact) mass is 314 g/mol. The van der Waals surface area contributed by atoms with Crippen molar-refractivity contribution in [3.8, 4) is 0 Å². The standard InChI is InChI=1S/C22H18O2/c1-15-10-12-16(13-11-15)14-22(24)19-8-4-2-6-17(19)21(23)18-7-3-5-9-20(18)22/h2-13,24H,14H2,1H3. The second kappa shape index (κ2) is 5.43. The lowest BCUT2D eigenvalue weighted by atomic mass is 9.71. The zero-order chi connectivity index (χ0) is 16.7. The van der Waals surface area contributed by atoms with Crippen molar-refractivity contribution < 1.29 is 9.90 Å². The van der Waals surface area contributed by atoms with Crippen molar-refractivity contribution in [2.24, 2.45) is 0 Å². The number of benzene rings is 3. The maximum atomic E-state index is 12.8. The maximum Gasteiger partial charge on any atom is 0.193 e. The van der Waals surface area contributed by atoms with Crippen LogP contribution in [-0.4, -0.2) is 10.9 Å². The van der Waals surface area contributed by atoms with Gasteiger partial charge in [0.2, 0.25) is 0 Å². The summed E-state index contributed by atoms with van der Waals surface area (Å²) in [5, 5.41) is 11.7. The van der Waals surface area contributed by atoms with E-state index in [2.05, 4.69) is 0 Å². The first kappa shape index (κ1) is 14.9. The molecule has 24 heavy (non-hydrogen) atoms. The first-order valence-electron chi connectivity index (χ1n) is 8.11. The lowest BCUT2D eigenvalue weighted by molar-refractivity contribution is 0.0721. The van der Waals surface area contributed by atoms with Crippen LogP contribution >= 0.6 is 0 Å². The summed E-state index contributed by atoms with van der Waals surface area (Å²) >= 11 is 0. The number of ketones is 1.